The fraction of sp³-hybridized carbons (Fsp3) is 0.588. The Morgan fingerprint density at radius 2 is 2.09 bits per heavy atom. The van der Waals surface area contributed by atoms with E-state index in [4.69, 9.17) is 15.2 Å². The zero-order chi connectivity index (χ0) is 15.9. The van der Waals surface area contributed by atoms with Crippen molar-refractivity contribution in [3.63, 3.8) is 0 Å². The van der Waals surface area contributed by atoms with E-state index in [1.165, 1.54) is 19.3 Å². The first kappa shape index (κ1) is 14.8. The van der Waals surface area contributed by atoms with Gasteiger partial charge in [0.25, 0.3) is 0 Å². The maximum absolute atomic E-state index is 10.9. The summed E-state index contributed by atoms with van der Waals surface area (Å²) in [5.74, 6) is 0.370. The molecule has 6 heteroatoms. The van der Waals surface area contributed by atoms with E-state index in [1.54, 1.807) is 0 Å². The quantitative estimate of drug-likeness (QED) is 0.878. The number of rotatable bonds is 2. The minimum Gasteiger partial charge on any atom is -0.462 e. The van der Waals surface area contributed by atoms with Gasteiger partial charge < -0.3 is 20.5 Å². The van der Waals surface area contributed by atoms with Crippen LogP contribution in [0.1, 0.15) is 37.7 Å². The fourth-order valence-electron chi connectivity index (χ4n) is 3.68. The van der Waals surface area contributed by atoms with E-state index in [1.807, 2.05) is 18.2 Å². The van der Waals surface area contributed by atoms with Crippen molar-refractivity contribution in [1.29, 1.82) is 0 Å². The van der Waals surface area contributed by atoms with Gasteiger partial charge in [-0.2, -0.15) is 0 Å². The summed E-state index contributed by atoms with van der Waals surface area (Å²) in [6, 6.07) is 5.78. The zero-order valence-corrected chi connectivity index (χ0v) is 13.2. The lowest BCUT2D eigenvalue weighted by atomic mass is 9.89. The number of urea groups is 1. The van der Waals surface area contributed by atoms with Gasteiger partial charge in [-0.05, 0) is 31.0 Å². The predicted octanol–water partition coefficient (Wildman–Crippen LogP) is 2.43. The molecule has 1 aliphatic carbocycles. The van der Waals surface area contributed by atoms with Crippen LogP contribution in [0.2, 0.25) is 0 Å². The van der Waals surface area contributed by atoms with Crippen LogP contribution in [0.4, 0.5) is 10.5 Å². The highest BCUT2D eigenvalue weighted by Gasteiger charge is 2.42. The molecule has 2 aliphatic heterocycles. The number of carbonyl (C=O) groups excluding carboxylic acids is 1. The van der Waals surface area contributed by atoms with Gasteiger partial charge in [-0.25, -0.2) is 4.79 Å². The lowest BCUT2D eigenvalue weighted by molar-refractivity contribution is -0.231. The first-order valence-corrected chi connectivity index (χ1v) is 8.40. The van der Waals surface area contributed by atoms with Gasteiger partial charge >= 0.3 is 6.03 Å². The molecule has 0 radical (unpaired) electrons. The number of benzene rings is 1. The van der Waals surface area contributed by atoms with Crippen molar-refractivity contribution in [3.8, 4) is 5.75 Å². The molecule has 2 fully saturated rings. The van der Waals surface area contributed by atoms with Crippen LogP contribution in [-0.2, 0) is 11.3 Å². The van der Waals surface area contributed by atoms with Crippen molar-refractivity contribution in [1.82, 2.24) is 4.90 Å². The molecule has 1 saturated heterocycles. The summed E-state index contributed by atoms with van der Waals surface area (Å²) in [6.45, 7) is 2.59. The average Bonchev–Trinajstić information content (AvgIpc) is 2.48. The van der Waals surface area contributed by atoms with Crippen molar-refractivity contribution in [2.24, 2.45) is 5.73 Å². The number of piperidine rings is 1. The predicted molar refractivity (Wildman–Crippen MR) is 86.2 cm³/mol. The molecular weight excluding hydrogens is 294 g/mol. The number of hydrogen-bond acceptors (Lipinski definition) is 4. The molecule has 0 aromatic heterocycles. The number of fused-ring (bicyclic) bond motifs is 1. The topological polar surface area (TPSA) is 76.8 Å². The highest BCUT2D eigenvalue weighted by Crippen LogP contribution is 2.39. The molecule has 0 unspecified atom stereocenters. The SMILES string of the molecule is NC(=O)Nc1ccc2c(c1)COC1(CCN(C3CCC3)CC1)O2. The van der Waals surface area contributed by atoms with Crippen molar-refractivity contribution >= 4 is 11.7 Å². The first-order chi connectivity index (χ1) is 11.1. The number of likely N-dealkylation sites (tertiary alicyclic amines) is 1. The Balaban J connectivity index is 1.43. The number of nitrogens with zero attached hydrogens (tertiary/aromatic N) is 1. The van der Waals surface area contributed by atoms with Gasteiger partial charge in [-0.3, -0.25) is 4.90 Å². The lowest BCUT2D eigenvalue weighted by Crippen LogP contribution is -2.54. The van der Waals surface area contributed by atoms with Crippen LogP contribution in [0.25, 0.3) is 0 Å². The van der Waals surface area contributed by atoms with Crippen LogP contribution in [0.3, 0.4) is 0 Å². The molecule has 0 bridgehead atoms. The van der Waals surface area contributed by atoms with Gasteiger partial charge in [-0.15, -0.1) is 0 Å². The number of amides is 2. The van der Waals surface area contributed by atoms with E-state index in [0.29, 0.717) is 12.3 Å². The third-order valence-corrected chi connectivity index (χ3v) is 5.27. The molecule has 2 amide bonds. The number of primary amides is 1. The largest absolute Gasteiger partial charge is 0.462 e. The molecular formula is C17H23N3O3. The summed E-state index contributed by atoms with van der Waals surface area (Å²) in [7, 11) is 0. The molecule has 1 aromatic carbocycles. The number of ether oxygens (including phenoxy) is 2. The number of nitrogens with one attached hydrogen (secondary N) is 1. The molecule has 3 aliphatic rings. The standard InChI is InChI=1S/C17H23N3O3/c18-16(21)19-13-4-5-15-12(10-13)11-22-17(23-15)6-8-20(9-7-17)14-2-1-3-14/h4-5,10,14H,1-3,6-9,11H2,(H3,18,19,21). The molecule has 23 heavy (non-hydrogen) atoms. The molecule has 3 N–H and O–H groups in total. The number of hydrogen-bond donors (Lipinski definition) is 2. The summed E-state index contributed by atoms with van der Waals surface area (Å²) >= 11 is 0. The second-order valence-electron chi connectivity index (χ2n) is 6.73. The second-order valence-corrected chi connectivity index (χ2v) is 6.73. The van der Waals surface area contributed by atoms with E-state index in [0.717, 1.165) is 43.3 Å². The van der Waals surface area contributed by atoms with E-state index < -0.39 is 11.8 Å². The minimum absolute atomic E-state index is 0.480. The van der Waals surface area contributed by atoms with Gasteiger partial charge in [0.15, 0.2) is 0 Å². The smallest absolute Gasteiger partial charge is 0.316 e. The minimum atomic E-state index is -0.567. The Morgan fingerprint density at radius 1 is 1.30 bits per heavy atom. The third kappa shape index (κ3) is 2.88. The van der Waals surface area contributed by atoms with Crippen molar-refractivity contribution < 1.29 is 14.3 Å². The highest BCUT2D eigenvalue weighted by molar-refractivity contribution is 5.88. The summed E-state index contributed by atoms with van der Waals surface area (Å²) in [5.41, 5.74) is 6.76. The molecule has 1 aromatic rings. The average molecular weight is 317 g/mol. The molecule has 2 heterocycles. The molecule has 1 spiro atoms. The summed E-state index contributed by atoms with van der Waals surface area (Å²) in [4.78, 5) is 13.5. The van der Waals surface area contributed by atoms with E-state index in [-0.39, 0.29) is 0 Å². The van der Waals surface area contributed by atoms with Crippen LogP contribution in [0.15, 0.2) is 18.2 Å². The van der Waals surface area contributed by atoms with Crippen LogP contribution >= 0.6 is 0 Å². The Morgan fingerprint density at radius 3 is 2.74 bits per heavy atom. The van der Waals surface area contributed by atoms with E-state index >= 15 is 0 Å². The maximum atomic E-state index is 10.9. The first-order valence-electron chi connectivity index (χ1n) is 8.40. The molecule has 4 rings (SSSR count). The van der Waals surface area contributed by atoms with Crippen LogP contribution in [0, 0.1) is 0 Å². The number of nitrogens with two attached hydrogens (primary N) is 1. The summed E-state index contributed by atoms with van der Waals surface area (Å²) in [5, 5.41) is 2.58. The Labute approximate surface area is 135 Å². The number of carbonyl (C=O) groups is 1. The van der Waals surface area contributed by atoms with Crippen LogP contribution in [-0.4, -0.2) is 35.8 Å². The van der Waals surface area contributed by atoms with Gasteiger partial charge in [-0.1, -0.05) is 6.42 Å². The van der Waals surface area contributed by atoms with Gasteiger partial charge in [0.05, 0.1) is 6.61 Å². The molecule has 0 atom stereocenters. The number of anilines is 1. The molecule has 6 nitrogen and oxygen atoms in total. The van der Waals surface area contributed by atoms with Gasteiger partial charge in [0, 0.05) is 43.2 Å². The van der Waals surface area contributed by atoms with Crippen molar-refractivity contribution in [2.75, 3.05) is 18.4 Å². The van der Waals surface area contributed by atoms with Gasteiger partial charge in [0.1, 0.15) is 5.75 Å². The summed E-state index contributed by atoms with van der Waals surface area (Å²) in [6.07, 6.45) is 5.86. The maximum Gasteiger partial charge on any atom is 0.316 e. The third-order valence-electron chi connectivity index (χ3n) is 5.27. The highest BCUT2D eigenvalue weighted by atomic mass is 16.7. The van der Waals surface area contributed by atoms with Crippen molar-refractivity contribution in [2.45, 2.75) is 50.5 Å². The monoisotopic (exact) mass is 317 g/mol. The van der Waals surface area contributed by atoms with Crippen molar-refractivity contribution in [3.05, 3.63) is 23.8 Å². The van der Waals surface area contributed by atoms with E-state index in [2.05, 4.69) is 10.2 Å². The molecule has 1 saturated carbocycles. The zero-order valence-electron chi connectivity index (χ0n) is 13.2. The second kappa shape index (κ2) is 5.69. The Bertz CT molecular complexity index is 607. The van der Waals surface area contributed by atoms with Crippen LogP contribution in [0.5, 0.6) is 5.75 Å². The Kier molecular flexibility index (Phi) is 3.66. The Hall–Kier alpha value is -1.79. The fourth-order valence-corrected chi connectivity index (χ4v) is 3.68. The van der Waals surface area contributed by atoms with Crippen LogP contribution < -0.4 is 15.8 Å². The summed E-state index contributed by atoms with van der Waals surface area (Å²) < 4.78 is 12.3. The normalized spacial score (nSPS) is 23.7. The lowest BCUT2D eigenvalue weighted by Gasteiger charge is -2.47. The van der Waals surface area contributed by atoms with E-state index in [9.17, 15) is 4.79 Å². The molecule has 124 valence electrons. The van der Waals surface area contributed by atoms with Gasteiger partial charge in [0.2, 0.25) is 5.79 Å².